The second kappa shape index (κ2) is 7.30. The fourth-order valence-electron chi connectivity index (χ4n) is 4.08. The number of nitrogens with zero attached hydrogens (tertiary/aromatic N) is 2. The number of benzene rings is 2. The van der Waals surface area contributed by atoms with Crippen molar-refractivity contribution in [1.29, 1.82) is 0 Å². The Morgan fingerprint density at radius 1 is 1.12 bits per heavy atom. The average molecular weight is 399 g/mol. The zero-order valence-electron chi connectivity index (χ0n) is 14.3. The number of carbonyl (C=O) groups excluding carboxylic acids is 1. The Kier molecular flexibility index (Phi) is 4.91. The van der Waals surface area contributed by atoms with Gasteiger partial charge in [-0.1, -0.05) is 46.3 Å². The maximum absolute atomic E-state index is 13.1. The van der Waals surface area contributed by atoms with E-state index in [-0.39, 0.29) is 5.92 Å². The molecule has 130 valence electrons. The van der Waals surface area contributed by atoms with E-state index in [4.69, 9.17) is 0 Å². The molecule has 0 aliphatic carbocycles. The quantitative estimate of drug-likeness (QED) is 0.771. The van der Waals surface area contributed by atoms with Crippen molar-refractivity contribution in [3.63, 3.8) is 0 Å². The molecule has 4 heteroatoms. The van der Waals surface area contributed by atoms with Crippen LogP contribution < -0.4 is 4.90 Å². The molecule has 2 aliphatic rings. The van der Waals surface area contributed by atoms with Crippen LogP contribution >= 0.6 is 15.9 Å². The van der Waals surface area contributed by atoms with E-state index < -0.39 is 0 Å². The first-order valence-electron chi connectivity index (χ1n) is 9.07. The zero-order chi connectivity index (χ0) is 17.2. The third kappa shape index (κ3) is 3.65. The predicted molar refractivity (Wildman–Crippen MR) is 105 cm³/mol. The lowest BCUT2D eigenvalue weighted by Gasteiger charge is -2.34. The number of amides is 1. The molecule has 0 aromatic heterocycles. The minimum atomic E-state index is 0.118. The number of carbonyl (C=O) groups is 1. The molecule has 1 fully saturated rings. The highest BCUT2D eigenvalue weighted by Gasteiger charge is 2.32. The van der Waals surface area contributed by atoms with E-state index in [2.05, 4.69) is 63.3 Å². The molecule has 25 heavy (non-hydrogen) atoms. The van der Waals surface area contributed by atoms with E-state index in [0.717, 1.165) is 55.6 Å². The maximum Gasteiger partial charge on any atom is 0.231 e. The van der Waals surface area contributed by atoms with E-state index in [1.165, 1.54) is 11.1 Å². The van der Waals surface area contributed by atoms with Gasteiger partial charge in [-0.3, -0.25) is 9.69 Å². The van der Waals surface area contributed by atoms with Gasteiger partial charge in [0.15, 0.2) is 0 Å². The molecule has 2 aromatic rings. The van der Waals surface area contributed by atoms with E-state index >= 15 is 0 Å². The van der Waals surface area contributed by atoms with E-state index in [0.29, 0.717) is 5.91 Å². The van der Waals surface area contributed by atoms with Gasteiger partial charge in [0.1, 0.15) is 0 Å². The van der Waals surface area contributed by atoms with Crippen molar-refractivity contribution >= 4 is 27.5 Å². The van der Waals surface area contributed by atoms with Gasteiger partial charge >= 0.3 is 0 Å². The summed E-state index contributed by atoms with van der Waals surface area (Å²) in [4.78, 5) is 17.5. The van der Waals surface area contributed by atoms with Crippen molar-refractivity contribution in [2.24, 2.45) is 5.92 Å². The average Bonchev–Trinajstić information content (AvgIpc) is 3.05. The molecule has 4 rings (SSSR count). The van der Waals surface area contributed by atoms with E-state index in [1.807, 2.05) is 11.0 Å². The zero-order valence-corrected chi connectivity index (χ0v) is 15.9. The van der Waals surface area contributed by atoms with Gasteiger partial charge in [-0.05, 0) is 55.1 Å². The highest BCUT2D eigenvalue weighted by atomic mass is 79.9. The molecule has 0 saturated carbocycles. The molecule has 3 nitrogen and oxygen atoms in total. The van der Waals surface area contributed by atoms with Crippen LogP contribution in [0.2, 0.25) is 0 Å². The number of para-hydroxylation sites is 1. The Labute approximate surface area is 157 Å². The van der Waals surface area contributed by atoms with Crippen LogP contribution in [0, 0.1) is 5.92 Å². The van der Waals surface area contributed by atoms with E-state index in [1.54, 1.807) is 0 Å². The number of rotatable bonds is 3. The first-order chi connectivity index (χ1) is 12.2. The van der Waals surface area contributed by atoms with Gasteiger partial charge in [-0.25, -0.2) is 0 Å². The molecule has 1 atom stereocenters. The van der Waals surface area contributed by atoms with Crippen LogP contribution in [0.3, 0.4) is 0 Å². The van der Waals surface area contributed by atoms with Crippen LogP contribution in [0.1, 0.15) is 24.0 Å². The second-order valence-corrected chi connectivity index (χ2v) is 7.99. The predicted octanol–water partition coefficient (Wildman–Crippen LogP) is 4.25. The highest BCUT2D eigenvalue weighted by Crippen LogP contribution is 2.31. The Bertz CT molecular complexity index is 776. The van der Waals surface area contributed by atoms with Crippen LogP contribution in [0.25, 0.3) is 0 Å². The first-order valence-corrected chi connectivity index (χ1v) is 9.86. The number of piperidine rings is 1. The number of likely N-dealkylation sites (tertiary alicyclic amines) is 1. The van der Waals surface area contributed by atoms with Gasteiger partial charge in [-0.2, -0.15) is 0 Å². The van der Waals surface area contributed by atoms with Crippen molar-refractivity contribution in [3.05, 3.63) is 64.1 Å². The van der Waals surface area contributed by atoms with Crippen molar-refractivity contribution in [2.75, 3.05) is 24.5 Å². The molecule has 2 aliphatic heterocycles. The summed E-state index contributed by atoms with van der Waals surface area (Å²) < 4.78 is 1.11. The molecular formula is C21H23BrN2O. The molecule has 1 amide bonds. The Morgan fingerprint density at radius 3 is 2.88 bits per heavy atom. The minimum Gasteiger partial charge on any atom is -0.312 e. The van der Waals surface area contributed by atoms with Gasteiger partial charge in [-0.15, -0.1) is 0 Å². The second-order valence-electron chi connectivity index (χ2n) is 7.07. The summed E-state index contributed by atoms with van der Waals surface area (Å²) in [5.74, 6) is 0.427. The van der Waals surface area contributed by atoms with Gasteiger partial charge in [0.05, 0.1) is 5.92 Å². The first kappa shape index (κ1) is 16.8. The number of hydrogen-bond acceptors (Lipinski definition) is 2. The number of anilines is 1. The van der Waals surface area contributed by atoms with Crippen LogP contribution in [0.15, 0.2) is 53.0 Å². The topological polar surface area (TPSA) is 23.6 Å². The lowest BCUT2D eigenvalue weighted by Crippen LogP contribution is -2.44. The lowest BCUT2D eigenvalue weighted by molar-refractivity contribution is -0.124. The smallest absolute Gasteiger partial charge is 0.231 e. The Morgan fingerprint density at radius 2 is 2.00 bits per heavy atom. The number of fused-ring (bicyclic) bond motifs is 1. The summed E-state index contributed by atoms with van der Waals surface area (Å²) in [5.41, 5.74) is 3.73. The summed E-state index contributed by atoms with van der Waals surface area (Å²) >= 11 is 3.54. The highest BCUT2D eigenvalue weighted by molar-refractivity contribution is 9.10. The monoisotopic (exact) mass is 398 g/mol. The SMILES string of the molecule is O=C(C1CCCN(Cc2cccc(Br)c2)C1)N1CCc2ccccc21. The van der Waals surface area contributed by atoms with Crippen LogP contribution in [-0.4, -0.2) is 30.4 Å². The minimum absolute atomic E-state index is 0.118. The van der Waals surface area contributed by atoms with Crippen molar-refractivity contribution in [2.45, 2.75) is 25.8 Å². The van der Waals surface area contributed by atoms with Crippen molar-refractivity contribution < 1.29 is 4.79 Å². The summed E-state index contributed by atoms with van der Waals surface area (Å²) in [6.07, 6.45) is 3.09. The molecule has 0 bridgehead atoms. The molecule has 0 spiro atoms. The van der Waals surface area contributed by atoms with Crippen molar-refractivity contribution in [1.82, 2.24) is 4.90 Å². The fraction of sp³-hybridized carbons (Fsp3) is 0.381. The molecule has 1 unspecified atom stereocenters. The van der Waals surface area contributed by atoms with Gasteiger partial charge in [0.25, 0.3) is 0 Å². The van der Waals surface area contributed by atoms with Crippen LogP contribution in [0.4, 0.5) is 5.69 Å². The summed E-state index contributed by atoms with van der Waals surface area (Å²) in [7, 11) is 0. The molecule has 1 saturated heterocycles. The molecule has 0 radical (unpaired) electrons. The third-order valence-corrected chi connectivity index (χ3v) is 5.80. The summed E-state index contributed by atoms with van der Waals surface area (Å²) in [6.45, 7) is 3.69. The van der Waals surface area contributed by atoms with Crippen LogP contribution in [-0.2, 0) is 17.8 Å². The summed E-state index contributed by atoms with van der Waals surface area (Å²) in [5, 5.41) is 0. The molecular weight excluding hydrogens is 376 g/mol. The maximum atomic E-state index is 13.1. The third-order valence-electron chi connectivity index (χ3n) is 5.30. The molecule has 0 N–H and O–H groups in total. The molecule has 2 heterocycles. The van der Waals surface area contributed by atoms with Crippen LogP contribution in [0.5, 0.6) is 0 Å². The Hall–Kier alpha value is -1.65. The normalized spacial score (nSPS) is 20.5. The standard InChI is InChI=1S/C21H23BrN2O/c22-19-8-3-5-16(13-19)14-23-11-4-7-18(15-23)21(25)24-12-10-17-6-1-2-9-20(17)24/h1-3,5-6,8-9,13,18H,4,7,10-12,14-15H2. The van der Waals surface area contributed by atoms with Gasteiger partial charge in [0, 0.05) is 29.8 Å². The lowest BCUT2D eigenvalue weighted by atomic mass is 9.96. The summed E-state index contributed by atoms with van der Waals surface area (Å²) in [6, 6.07) is 16.8. The van der Waals surface area contributed by atoms with Gasteiger partial charge < -0.3 is 4.90 Å². The fourth-order valence-corrected chi connectivity index (χ4v) is 4.53. The number of hydrogen-bond donors (Lipinski definition) is 0. The van der Waals surface area contributed by atoms with E-state index in [9.17, 15) is 4.79 Å². The van der Waals surface area contributed by atoms with Crippen molar-refractivity contribution in [3.8, 4) is 0 Å². The Balaban J connectivity index is 1.44. The van der Waals surface area contributed by atoms with Gasteiger partial charge in [0.2, 0.25) is 5.91 Å². The number of halogens is 1. The molecule has 2 aromatic carbocycles. The largest absolute Gasteiger partial charge is 0.312 e.